The molecule has 0 aromatic heterocycles. The first kappa shape index (κ1) is 24.3. The molecule has 0 heterocycles. The summed E-state index contributed by atoms with van der Waals surface area (Å²) in [5, 5.41) is 13.9. The van der Waals surface area contributed by atoms with Gasteiger partial charge in [-0.3, -0.25) is 9.59 Å². The Labute approximate surface area is 193 Å². The van der Waals surface area contributed by atoms with Gasteiger partial charge in [0, 0.05) is 12.5 Å². The number of hydrogen-bond donors (Lipinski definition) is 3. The van der Waals surface area contributed by atoms with Crippen LogP contribution in [0.15, 0.2) is 48.5 Å². The molecule has 3 N–H and O–H groups in total. The topological polar surface area (TPSA) is 114 Å². The minimum atomic E-state index is -0.936. The zero-order chi connectivity index (χ0) is 23.6. The van der Waals surface area contributed by atoms with Crippen LogP contribution in [0.2, 0.25) is 0 Å². The molecule has 1 atom stereocenters. The number of nitrogens with one attached hydrogen (secondary N) is 2. The molecule has 0 fully saturated rings. The second-order valence-electron chi connectivity index (χ2n) is 7.86. The van der Waals surface area contributed by atoms with E-state index in [1.807, 2.05) is 43.3 Å². The summed E-state index contributed by atoms with van der Waals surface area (Å²) < 4.78 is 10.7. The van der Waals surface area contributed by atoms with Crippen LogP contribution in [-0.4, -0.2) is 55.5 Å². The number of carbonyl (C=O) groups excluding carboxylic acids is 2. The number of rotatable bonds is 12. The average Bonchev–Trinajstić information content (AvgIpc) is 3.13. The van der Waals surface area contributed by atoms with Crippen molar-refractivity contribution in [3.05, 3.63) is 59.7 Å². The number of aliphatic carboxylic acids is 1. The Kier molecular flexibility index (Phi) is 8.83. The lowest BCUT2D eigenvalue weighted by atomic mass is 9.98. The van der Waals surface area contributed by atoms with E-state index in [4.69, 9.17) is 14.6 Å². The summed E-state index contributed by atoms with van der Waals surface area (Å²) in [4.78, 5) is 35.4. The van der Waals surface area contributed by atoms with E-state index in [9.17, 15) is 14.4 Å². The van der Waals surface area contributed by atoms with Crippen molar-refractivity contribution in [2.45, 2.75) is 38.1 Å². The van der Waals surface area contributed by atoms with Gasteiger partial charge < -0.3 is 25.2 Å². The number of carboxylic acid groups (broad SMARTS) is 1. The summed E-state index contributed by atoms with van der Waals surface area (Å²) in [6, 6.07) is 15.5. The molecular weight excluding hydrogens is 424 g/mol. The van der Waals surface area contributed by atoms with E-state index in [0.717, 1.165) is 22.3 Å². The predicted octanol–water partition coefficient (Wildman–Crippen LogP) is 3.30. The van der Waals surface area contributed by atoms with Gasteiger partial charge in [-0.05, 0) is 28.7 Å². The summed E-state index contributed by atoms with van der Waals surface area (Å²) in [5.74, 6) is -1.31. The molecule has 2 aromatic rings. The van der Waals surface area contributed by atoms with E-state index >= 15 is 0 Å². The highest BCUT2D eigenvalue weighted by Gasteiger charge is 2.29. The van der Waals surface area contributed by atoms with E-state index in [0.29, 0.717) is 12.8 Å². The highest BCUT2D eigenvalue weighted by Crippen LogP contribution is 2.44. The van der Waals surface area contributed by atoms with Crippen LogP contribution < -0.4 is 10.6 Å². The third-order valence-electron chi connectivity index (χ3n) is 5.54. The summed E-state index contributed by atoms with van der Waals surface area (Å²) in [6.07, 6.45) is 0.450. The van der Waals surface area contributed by atoms with Crippen LogP contribution in [0, 0.1) is 0 Å². The molecule has 33 heavy (non-hydrogen) atoms. The van der Waals surface area contributed by atoms with E-state index in [2.05, 4.69) is 22.8 Å². The SMILES string of the molecule is CCC[C@@H](NC(=O)OCC1c2ccccc2-c2ccccc21)C(=O)NCCOCCC(=O)O. The molecule has 2 amide bonds. The molecule has 8 nitrogen and oxygen atoms in total. The Hall–Kier alpha value is -3.39. The molecule has 2 aromatic carbocycles. The molecule has 0 bridgehead atoms. The quantitative estimate of drug-likeness (QED) is 0.424. The molecule has 0 saturated heterocycles. The van der Waals surface area contributed by atoms with Gasteiger partial charge in [-0.25, -0.2) is 4.79 Å². The molecule has 1 aliphatic carbocycles. The Morgan fingerprint density at radius 1 is 1.00 bits per heavy atom. The second kappa shape index (κ2) is 12.0. The standard InChI is InChI=1S/C25H30N2O6/c1-2-7-22(24(30)26-13-15-32-14-12-23(28)29)27-25(31)33-16-21-19-10-5-3-8-17(19)18-9-4-6-11-20(18)21/h3-6,8-11,21-22H,2,7,12-16H2,1H3,(H,26,30)(H,27,31)(H,28,29)/t22-/m1/s1. The largest absolute Gasteiger partial charge is 0.481 e. The van der Waals surface area contributed by atoms with Crippen LogP contribution in [0.4, 0.5) is 4.79 Å². The average molecular weight is 455 g/mol. The van der Waals surface area contributed by atoms with Crippen molar-refractivity contribution >= 4 is 18.0 Å². The number of alkyl carbamates (subject to hydrolysis) is 1. The van der Waals surface area contributed by atoms with Crippen molar-refractivity contribution in [2.24, 2.45) is 0 Å². The highest BCUT2D eigenvalue weighted by atomic mass is 16.5. The Bertz CT molecular complexity index is 931. The zero-order valence-electron chi connectivity index (χ0n) is 18.7. The Balaban J connectivity index is 1.50. The summed E-state index contributed by atoms with van der Waals surface area (Å²) in [5.41, 5.74) is 4.54. The third kappa shape index (κ3) is 6.55. The minimum absolute atomic E-state index is 0.0513. The van der Waals surface area contributed by atoms with Crippen molar-refractivity contribution in [1.82, 2.24) is 10.6 Å². The molecule has 0 saturated carbocycles. The zero-order valence-corrected chi connectivity index (χ0v) is 18.7. The van der Waals surface area contributed by atoms with E-state index < -0.39 is 18.1 Å². The fourth-order valence-corrected chi connectivity index (χ4v) is 3.97. The first-order chi connectivity index (χ1) is 16.0. The summed E-state index contributed by atoms with van der Waals surface area (Å²) >= 11 is 0. The summed E-state index contributed by atoms with van der Waals surface area (Å²) in [7, 11) is 0. The van der Waals surface area contributed by atoms with Crippen LogP contribution in [0.1, 0.15) is 43.2 Å². The maximum absolute atomic E-state index is 12.5. The molecule has 8 heteroatoms. The molecule has 3 rings (SSSR count). The van der Waals surface area contributed by atoms with Crippen molar-refractivity contribution in [3.8, 4) is 11.1 Å². The fraction of sp³-hybridized carbons (Fsp3) is 0.400. The molecular formula is C25H30N2O6. The van der Waals surface area contributed by atoms with Crippen molar-refractivity contribution in [2.75, 3.05) is 26.4 Å². The maximum atomic E-state index is 12.5. The van der Waals surface area contributed by atoms with Crippen LogP contribution in [0.5, 0.6) is 0 Å². The number of carboxylic acids is 1. The van der Waals surface area contributed by atoms with Crippen LogP contribution in [-0.2, 0) is 19.1 Å². The van der Waals surface area contributed by atoms with E-state index in [1.165, 1.54) is 0 Å². The molecule has 176 valence electrons. The van der Waals surface area contributed by atoms with Gasteiger partial charge in [0.2, 0.25) is 5.91 Å². The molecule has 0 aliphatic heterocycles. The number of amides is 2. The van der Waals surface area contributed by atoms with Gasteiger partial charge in [0.05, 0.1) is 19.6 Å². The van der Waals surface area contributed by atoms with Crippen molar-refractivity contribution in [1.29, 1.82) is 0 Å². The lowest BCUT2D eigenvalue weighted by molar-refractivity contribution is -0.138. The van der Waals surface area contributed by atoms with E-state index in [-0.39, 0.29) is 44.6 Å². The van der Waals surface area contributed by atoms with Gasteiger partial charge >= 0.3 is 12.1 Å². The minimum Gasteiger partial charge on any atom is -0.481 e. The Morgan fingerprint density at radius 3 is 2.24 bits per heavy atom. The van der Waals surface area contributed by atoms with Gasteiger partial charge in [-0.1, -0.05) is 61.9 Å². The van der Waals surface area contributed by atoms with Crippen molar-refractivity contribution < 1.29 is 29.0 Å². The van der Waals surface area contributed by atoms with E-state index in [1.54, 1.807) is 0 Å². The summed E-state index contributed by atoms with van der Waals surface area (Å²) in [6.45, 7) is 2.61. The number of benzene rings is 2. The first-order valence-corrected chi connectivity index (χ1v) is 11.2. The highest BCUT2D eigenvalue weighted by molar-refractivity contribution is 5.85. The number of ether oxygens (including phenoxy) is 2. The molecule has 0 spiro atoms. The van der Waals surface area contributed by atoms with Gasteiger partial charge in [-0.15, -0.1) is 0 Å². The third-order valence-corrected chi connectivity index (χ3v) is 5.54. The van der Waals surface area contributed by atoms with Crippen molar-refractivity contribution in [3.63, 3.8) is 0 Å². The second-order valence-corrected chi connectivity index (χ2v) is 7.86. The Morgan fingerprint density at radius 2 is 1.64 bits per heavy atom. The number of hydrogen-bond acceptors (Lipinski definition) is 5. The lowest BCUT2D eigenvalue weighted by Crippen LogP contribution is -2.47. The normalized spacial score (nSPS) is 13.0. The van der Waals surface area contributed by atoms with Crippen LogP contribution in [0.3, 0.4) is 0 Å². The first-order valence-electron chi connectivity index (χ1n) is 11.2. The van der Waals surface area contributed by atoms with Crippen LogP contribution in [0.25, 0.3) is 11.1 Å². The van der Waals surface area contributed by atoms with Gasteiger partial charge in [-0.2, -0.15) is 0 Å². The lowest BCUT2D eigenvalue weighted by Gasteiger charge is -2.19. The van der Waals surface area contributed by atoms with Gasteiger partial charge in [0.1, 0.15) is 12.6 Å². The number of carbonyl (C=O) groups is 3. The molecule has 0 unspecified atom stereocenters. The van der Waals surface area contributed by atoms with Gasteiger partial charge in [0.25, 0.3) is 0 Å². The van der Waals surface area contributed by atoms with Crippen LogP contribution >= 0.6 is 0 Å². The molecule has 0 radical (unpaired) electrons. The monoisotopic (exact) mass is 454 g/mol. The molecule has 1 aliphatic rings. The maximum Gasteiger partial charge on any atom is 0.407 e. The smallest absolute Gasteiger partial charge is 0.407 e. The van der Waals surface area contributed by atoms with Gasteiger partial charge in [0.15, 0.2) is 0 Å². The fourth-order valence-electron chi connectivity index (χ4n) is 3.97. The number of fused-ring (bicyclic) bond motifs is 3. The predicted molar refractivity (Wildman–Crippen MR) is 123 cm³/mol.